The fourth-order valence-electron chi connectivity index (χ4n) is 2.05. The molecule has 5 heteroatoms. The van der Waals surface area contributed by atoms with E-state index in [4.69, 9.17) is 15.7 Å². The quantitative estimate of drug-likeness (QED) is 0.847. The summed E-state index contributed by atoms with van der Waals surface area (Å²) in [5.41, 5.74) is 6.30. The van der Waals surface area contributed by atoms with Crippen LogP contribution >= 0.6 is 0 Å². The zero-order valence-corrected chi connectivity index (χ0v) is 10.4. The van der Waals surface area contributed by atoms with E-state index >= 15 is 0 Å². The Morgan fingerprint density at radius 2 is 2.39 bits per heavy atom. The van der Waals surface area contributed by atoms with Crippen LogP contribution in [0.15, 0.2) is 12.1 Å². The van der Waals surface area contributed by atoms with Crippen LogP contribution in [0.3, 0.4) is 0 Å². The Balaban J connectivity index is 1.81. The van der Waals surface area contributed by atoms with Gasteiger partial charge in [-0.1, -0.05) is 0 Å². The molecule has 2 rings (SSSR count). The molecular weight excluding hydrogens is 228 g/mol. The lowest BCUT2D eigenvalue weighted by atomic mass is 10.1. The third kappa shape index (κ3) is 3.34. The smallest absolute Gasteiger partial charge is 0.165 e. The van der Waals surface area contributed by atoms with Crippen molar-refractivity contribution < 1.29 is 4.74 Å². The Labute approximate surface area is 107 Å². The van der Waals surface area contributed by atoms with Crippen molar-refractivity contribution in [2.45, 2.75) is 31.8 Å². The number of nitrogen functional groups attached to an aromatic ring is 1. The van der Waals surface area contributed by atoms with Gasteiger partial charge in [0.25, 0.3) is 0 Å². The second kappa shape index (κ2) is 6.22. The largest absolute Gasteiger partial charge is 0.396 e. The first kappa shape index (κ1) is 12.7. The number of hydrogen-bond acceptors (Lipinski definition) is 5. The molecule has 5 nitrogen and oxygen atoms in total. The van der Waals surface area contributed by atoms with Gasteiger partial charge in [-0.15, -0.1) is 0 Å². The standard InChI is InChI=1S/C13H18N4O/c14-9-12-11(15)4-5-13(17-12)16-7-6-10-3-1-2-8-18-10/h4-5,10H,1-3,6-8,15H2,(H,16,17). The Kier molecular flexibility index (Phi) is 4.37. The molecule has 1 atom stereocenters. The molecule has 1 aliphatic rings. The highest BCUT2D eigenvalue weighted by Gasteiger charge is 2.13. The fraction of sp³-hybridized carbons (Fsp3) is 0.538. The van der Waals surface area contributed by atoms with E-state index in [9.17, 15) is 0 Å². The van der Waals surface area contributed by atoms with Gasteiger partial charge in [-0.25, -0.2) is 4.98 Å². The molecule has 0 aliphatic carbocycles. The summed E-state index contributed by atoms with van der Waals surface area (Å²) >= 11 is 0. The van der Waals surface area contributed by atoms with Crippen LogP contribution < -0.4 is 11.1 Å². The van der Waals surface area contributed by atoms with Gasteiger partial charge in [0.2, 0.25) is 0 Å². The number of nitrogens with zero attached hydrogens (tertiary/aromatic N) is 2. The second-order valence-corrected chi connectivity index (χ2v) is 4.45. The molecule has 2 heterocycles. The van der Waals surface area contributed by atoms with Crippen molar-refractivity contribution >= 4 is 11.5 Å². The van der Waals surface area contributed by atoms with E-state index in [0.717, 1.165) is 26.0 Å². The van der Waals surface area contributed by atoms with E-state index < -0.39 is 0 Å². The number of hydrogen-bond donors (Lipinski definition) is 2. The average Bonchev–Trinajstić information content (AvgIpc) is 2.42. The molecule has 3 N–H and O–H groups in total. The minimum Gasteiger partial charge on any atom is -0.396 e. The van der Waals surface area contributed by atoms with Gasteiger partial charge >= 0.3 is 0 Å². The second-order valence-electron chi connectivity index (χ2n) is 4.45. The number of nitrogens with one attached hydrogen (secondary N) is 1. The number of nitriles is 1. The Morgan fingerprint density at radius 1 is 1.50 bits per heavy atom. The topological polar surface area (TPSA) is 84.0 Å². The number of nitrogens with two attached hydrogens (primary N) is 1. The van der Waals surface area contributed by atoms with E-state index in [1.807, 2.05) is 6.07 Å². The molecule has 1 aromatic heterocycles. The van der Waals surface area contributed by atoms with Crippen molar-refractivity contribution in [2.24, 2.45) is 0 Å². The van der Waals surface area contributed by atoms with Gasteiger partial charge in [-0.2, -0.15) is 5.26 Å². The number of pyridine rings is 1. The molecule has 0 amide bonds. The van der Waals surface area contributed by atoms with Crippen molar-refractivity contribution in [1.29, 1.82) is 5.26 Å². The van der Waals surface area contributed by atoms with Crippen LogP contribution in [0.25, 0.3) is 0 Å². The van der Waals surface area contributed by atoms with Crippen molar-refractivity contribution in [2.75, 3.05) is 24.2 Å². The third-order valence-corrected chi connectivity index (χ3v) is 3.08. The van der Waals surface area contributed by atoms with E-state index in [1.54, 1.807) is 12.1 Å². The lowest BCUT2D eigenvalue weighted by molar-refractivity contribution is 0.0134. The minimum absolute atomic E-state index is 0.272. The maximum absolute atomic E-state index is 8.83. The molecule has 1 fully saturated rings. The SMILES string of the molecule is N#Cc1nc(NCCC2CCCCO2)ccc1N. The summed E-state index contributed by atoms with van der Waals surface area (Å²) < 4.78 is 5.65. The van der Waals surface area contributed by atoms with Gasteiger partial charge in [-0.3, -0.25) is 0 Å². The normalized spacial score (nSPS) is 19.2. The maximum atomic E-state index is 8.83. The molecule has 1 aliphatic heterocycles. The van der Waals surface area contributed by atoms with Gasteiger partial charge in [0.1, 0.15) is 11.9 Å². The molecule has 0 saturated carbocycles. The number of rotatable bonds is 4. The highest BCUT2D eigenvalue weighted by molar-refractivity contribution is 5.54. The van der Waals surface area contributed by atoms with Crippen LogP contribution in [0.1, 0.15) is 31.4 Å². The molecule has 0 spiro atoms. The zero-order chi connectivity index (χ0) is 12.8. The van der Waals surface area contributed by atoms with Gasteiger partial charge in [0.15, 0.2) is 5.69 Å². The number of aromatic nitrogens is 1. The highest BCUT2D eigenvalue weighted by atomic mass is 16.5. The summed E-state index contributed by atoms with van der Waals surface area (Å²) in [5, 5.41) is 12.0. The van der Waals surface area contributed by atoms with Crippen molar-refractivity contribution in [3.8, 4) is 6.07 Å². The van der Waals surface area contributed by atoms with E-state index in [1.165, 1.54) is 12.8 Å². The first-order valence-corrected chi connectivity index (χ1v) is 6.31. The van der Waals surface area contributed by atoms with Crippen molar-refractivity contribution in [3.05, 3.63) is 17.8 Å². The van der Waals surface area contributed by atoms with Crippen LogP contribution in [-0.2, 0) is 4.74 Å². The van der Waals surface area contributed by atoms with Crippen LogP contribution in [0.2, 0.25) is 0 Å². The van der Waals surface area contributed by atoms with Crippen molar-refractivity contribution in [3.63, 3.8) is 0 Å². The van der Waals surface area contributed by atoms with Crippen LogP contribution in [0.4, 0.5) is 11.5 Å². The molecule has 1 unspecified atom stereocenters. The molecule has 18 heavy (non-hydrogen) atoms. The minimum atomic E-state index is 0.272. The van der Waals surface area contributed by atoms with E-state index in [0.29, 0.717) is 17.6 Å². The predicted octanol–water partition coefficient (Wildman–Crippen LogP) is 1.91. The third-order valence-electron chi connectivity index (χ3n) is 3.08. The zero-order valence-electron chi connectivity index (χ0n) is 10.4. The Bertz CT molecular complexity index is 435. The molecule has 1 saturated heterocycles. The van der Waals surface area contributed by atoms with E-state index in [2.05, 4.69) is 10.3 Å². The number of anilines is 2. The molecule has 96 valence electrons. The van der Waals surface area contributed by atoms with Gasteiger partial charge in [0, 0.05) is 13.2 Å². The molecule has 0 radical (unpaired) electrons. The highest BCUT2D eigenvalue weighted by Crippen LogP contribution is 2.16. The van der Waals surface area contributed by atoms with Gasteiger partial charge < -0.3 is 15.8 Å². The lowest BCUT2D eigenvalue weighted by Crippen LogP contribution is -2.22. The van der Waals surface area contributed by atoms with Gasteiger partial charge in [-0.05, 0) is 37.8 Å². The summed E-state index contributed by atoms with van der Waals surface area (Å²) in [4.78, 5) is 4.14. The van der Waals surface area contributed by atoms with Crippen LogP contribution in [0, 0.1) is 11.3 Å². The van der Waals surface area contributed by atoms with Crippen LogP contribution in [-0.4, -0.2) is 24.2 Å². The summed E-state index contributed by atoms with van der Waals surface area (Å²) in [6.45, 7) is 1.68. The molecule has 0 bridgehead atoms. The molecular formula is C13H18N4O. The predicted molar refractivity (Wildman–Crippen MR) is 70.1 cm³/mol. The number of ether oxygens (including phenoxy) is 1. The molecule has 1 aromatic rings. The maximum Gasteiger partial charge on any atom is 0.165 e. The van der Waals surface area contributed by atoms with Crippen LogP contribution in [0.5, 0.6) is 0 Å². The summed E-state index contributed by atoms with van der Waals surface area (Å²) in [6, 6.07) is 5.46. The first-order valence-electron chi connectivity index (χ1n) is 6.31. The van der Waals surface area contributed by atoms with Crippen molar-refractivity contribution in [1.82, 2.24) is 4.98 Å². The summed E-state index contributed by atoms with van der Waals surface area (Å²) in [6.07, 6.45) is 4.89. The fourth-order valence-corrected chi connectivity index (χ4v) is 2.05. The summed E-state index contributed by atoms with van der Waals surface area (Å²) in [5.74, 6) is 0.691. The Hall–Kier alpha value is -1.80. The average molecular weight is 246 g/mol. The molecule has 0 aromatic carbocycles. The van der Waals surface area contributed by atoms with E-state index in [-0.39, 0.29) is 5.69 Å². The Morgan fingerprint density at radius 3 is 3.11 bits per heavy atom. The van der Waals surface area contributed by atoms with Gasteiger partial charge in [0.05, 0.1) is 11.8 Å². The lowest BCUT2D eigenvalue weighted by Gasteiger charge is -2.22. The monoisotopic (exact) mass is 246 g/mol. The first-order chi connectivity index (χ1) is 8.79. The summed E-state index contributed by atoms with van der Waals surface area (Å²) in [7, 11) is 0.